The Morgan fingerprint density at radius 1 is 1.54 bits per heavy atom. The summed E-state index contributed by atoms with van der Waals surface area (Å²) in [7, 11) is -0.125. The van der Waals surface area contributed by atoms with E-state index in [0.29, 0.717) is 0 Å². The zero-order chi connectivity index (χ0) is 9.57. The Morgan fingerprint density at radius 2 is 2.38 bits per heavy atom. The lowest BCUT2D eigenvalue weighted by molar-refractivity contribution is -0.00732. The number of ether oxygens (including phenoxy) is 1. The van der Waals surface area contributed by atoms with Crippen molar-refractivity contribution in [3.05, 3.63) is 0 Å². The number of unbranched alkanes of at least 4 members (excludes halogenated alkanes) is 1. The van der Waals surface area contributed by atoms with E-state index in [-0.39, 0.29) is 14.7 Å². The second-order valence-corrected chi connectivity index (χ2v) is 6.82. The maximum atomic E-state index is 8.40. The summed E-state index contributed by atoms with van der Waals surface area (Å²) < 4.78 is 5.82. The van der Waals surface area contributed by atoms with Crippen molar-refractivity contribution >= 4 is 9.52 Å². The fourth-order valence-electron chi connectivity index (χ4n) is 1.89. The van der Waals surface area contributed by atoms with Crippen molar-refractivity contribution in [2.24, 2.45) is 0 Å². The highest BCUT2D eigenvalue weighted by molar-refractivity contribution is 6.39. The molecule has 0 aromatic rings. The van der Waals surface area contributed by atoms with Crippen LogP contribution >= 0.6 is 0 Å². The van der Waals surface area contributed by atoms with Gasteiger partial charge in [-0.15, -0.1) is 0 Å². The van der Waals surface area contributed by atoms with Crippen LogP contribution in [0.4, 0.5) is 0 Å². The van der Waals surface area contributed by atoms with Crippen molar-refractivity contribution < 1.29 is 4.74 Å². The first-order valence-corrected chi connectivity index (χ1v) is 6.98. The topological polar surface area (TPSA) is 33.0 Å². The lowest BCUT2D eigenvalue weighted by Crippen LogP contribution is -2.38. The van der Waals surface area contributed by atoms with E-state index in [2.05, 4.69) is 13.0 Å². The van der Waals surface area contributed by atoms with Gasteiger partial charge in [0.25, 0.3) is 0 Å². The molecule has 1 rings (SSSR count). The summed E-state index contributed by atoms with van der Waals surface area (Å²) in [5.41, 5.74) is 0. The van der Waals surface area contributed by atoms with Gasteiger partial charge in [-0.2, -0.15) is 5.26 Å². The summed E-state index contributed by atoms with van der Waals surface area (Å²) in [6, 6.07) is 3.47. The standard InChI is InChI=1S/C10H19NOSi/c1-10(6-2-4-8-12-10)13-9-5-3-7-11/h2-6,8-9,13H2,1H3. The van der Waals surface area contributed by atoms with E-state index in [1.807, 2.05) is 0 Å². The highest BCUT2D eigenvalue weighted by Crippen LogP contribution is 2.24. The van der Waals surface area contributed by atoms with Crippen molar-refractivity contribution in [1.82, 2.24) is 0 Å². The van der Waals surface area contributed by atoms with Crippen LogP contribution in [0.1, 0.15) is 39.0 Å². The van der Waals surface area contributed by atoms with Gasteiger partial charge in [-0.25, -0.2) is 0 Å². The normalized spacial score (nSPS) is 29.2. The molecule has 1 saturated heterocycles. The van der Waals surface area contributed by atoms with Crippen LogP contribution in [0.2, 0.25) is 6.04 Å². The molecule has 74 valence electrons. The Bertz CT molecular complexity index is 182. The van der Waals surface area contributed by atoms with Gasteiger partial charge in [0.15, 0.2) is 0 Å². The first-order valence-electron chi connectivity index (χ1n) is 5.28. The van der Waals surface area contributed by atoms with E-state index in [1.54, 1.807) is 0 Å². The lowest BCUT2D eigenvalue weighted by atomic mass is 10.1. The molecule has 0 amide bonds. The quantitative estimate of drug-likeness (QED) is 0.508. The van der Waals surface area contributed by atoms with Crippen LogP contribution in [-0.2, 0) is 4.74 Å². The summed E-state index contributed by atoms with van der Waals surface area (Å²) in [6.07, 6.45) is 5.64. The highest BCUT2D eigenvalue weighted by Gasteiger charge is 2.26. The smallest absolute Gasteiger partial charge is 0.0621 e. The molecule has 0 bridgehead atoms. The van der Waals surface area contributed by atoms with Crippen LogP contribution in [0.5, 0.6) is 0 Å². The van der Waals surface area contributed by atoms with Crippen LogP contribution in [0.3, 0.4) is 0 Å². The van der Waals surface area contributed by atoms with Crippen molar-refractivity contribution in [2.75, 3.05) is 6.61 Å². The van der Waals surface area contributed by atoms with E-state index in [4.69, 9.17) is 10.00 Å². The van der Waals surface area contributed by atoms with Gasteiger partial charge in [0, 0.05) is 18.3 Å². The SMILES string of the molecule is CC1([SiH2]CCCC#N)CCCCO1. The molecule has 1 aliphatic heterocycles. The number of nitrogens with zero attached hydrogens (tertiary/aromatic N) is 1. The van der Waals surface area contributed by atoms with Gasteiger partial charge >= 0.3 is 0 Å². The van der Waals surface area contributed by atoms with Gasteiger partial charge in [0.05, 0.1) is 15.6 Å². The number of hydrogen-bond acceptors (Lipinski definition) is 2. The number of rotatable bonds is 4. The molecule has 0 N–H and O–H groups in total. The summed E-state index contributed by atoms with van der Waals surface area (Å²) >= 11 is 0. The minimum absolute atomic E-state index is 0.125. The predicted octanol–water partition coefficient (Wildman–Crippen LogP) is 1.79. The molecule has 0 aromatic carbocycles. The molecule has 1 unspecified atom stereocenters. The third-order valence-electron chi connectivity index (χ3n) is 2.79. The molecule has 0 aliphatic carbocycles. The van der Waals surface area contributed by atoms with Crippen molar-refractivity contribution in [1.29, 1.82) is 5.26 Å². The van der Waals surface area contributed by atoms with Gasteiger partial charge in [-0.3, -0.25) is 0 Å². The molecule has 1 aliphatic rings. The lowest BCUT2D eigenvalue weighted by Gasteiger charge is -2.33. The molecule has 13 heavy (non-hydrogen) atoms. The van der Waals surface area contributed by atoms with Crippen LogP contribution in [0, 0.1) is 11.3 Å². The fraction of sp³-hybridized carbons (Fsp3) is 0.900. The zero-order valence-corrected chi connectivity index (χ0v) is 9.93. The third kappa shape index (κ3) is 3.92. The molecule has 1 atom stereocenters. The monoisotopic (exact) mass is 197 g/mol. The minimum atomic E-state index is -0.125. The van der Waals surface area contributed by atoms with Crippen LogP contribution < -0.4 is 0 Å². The summed E-state index contributed by atoms with van der Waals surface area (Å²) in [5.74, 6) is 0. The Morgan fingerprint density at radius 3 is 3.00 bits per heavy atom. The van der Waals surface area contributed by atoms with E-state index in [1.165, 1.54) is 25.3 Å². The third-order valence-corrected chi connectivity index (χ3v) is 5.26. The number of hydrogen-bond donors (Lipinski definition) is 0. The van der Waals surface area contributed by atoms with E-state index in [9.17, 15) is 0 Å². The molecule has 0 aromatic heterocycles. The van der Waals surface area contributed by atoms with Crippen LogP contribution in [0.15, 0.2) is 0 Å². The second kappa shape index (κ2) is 5.41. The van der Waals surface area contributed by atoms with Gasteiger partial charge in [0.1, 0.15) is 0 Å². The Kier molecular flexibility index (Phi) is 4.47. The van der Waals surface area contributed by atoms with E-state index >= 15 is 0 Å². The van der Waals surface area contributed by atoms with Crippen LogP contribution in [-0.4, -0.2) is 21.4 Å². The molecule has 1 fully saturated rings. The van der Waals surface area contributed by atoms with Gasteiger partial charge in [0.2, 0.25) is 0 Å². The Balaban J connectivity index is 2.14. The average Bonchev–Trinajstić information content (AvgIpc) is 2.14. The fourth-order valence-corrected chi connectivity index (χ4v) is 3.93. The van der Waals surface area contributed by atoms with Crippen molar-refractivity contribution in [3.8, 4) is 6.07 Å². The Hall–Kier alpha value is -0.333. The van der Waals surface area contributed by atoms with Crippen molar-refractivity contribution in [3.63, 3.8) is 0 Å². The van der Waals surface area contributed by atoms with E-state index < -0.39 is 0 Å². The molecular weight excluding hydrogens is 178 g/mol. The Labute approximate surface area is 83.1 Å². The molecular formula is C10H19NOSi. The molecule has 3 heteroatoms. The molecule has 0 saturated carbocycles. The highest BCUT2D eigenvalue weighted by atomic mass is 28.2. The molecule has 1 heterocycles. The maximum Gasteiger partial charge on any atom is 0.0621 e. The predicted molar refractivity (Wildman–Crippen MR) is 56.4 cm³/mol. The molecule has 0 radical (unpaired) electrons. The number of nitriles is 1. The molecule has 0 spiro atoms. The summed E-state index contributed by atoms with van der Waals surface area (Å²) in [4.78, 5) is 0. The minimum Gasteiger partial charge on any atom is -0.379 e. The second-order valence-electron chi connectivity index (χ2n) is 4.12. The van der Waals surface area contributed by atoms with Crippen molar-refractivity contribution in [2.45, 2.75) is 50.3 Å². The maximum absolute atomic E-state index is 8.40. The van der Waals surface area contributed by atoms with Gasteiger partial charge in [-0.05, 0) is 32.6 Å². The first-order chi connectivity index (χ1) is 6.27. The summed E-state index contributed by atoms with van der Waals surface area (Å²) in [6.45, 7) is 3.23. The first kappa shape index (κ1) is 10.7. The summed E-state index contributed by atoms with van der Waals surface area (Å²) in [5, 5.41) is 8.66. The largest absolute Gasteiger partial charge is 0.379 e. The zero-order valence-electron chi connectivity index (χ0n) is 8.51. The van der Waals surface area contributed by atoms with Gasteiger partial charge in [-0.1, -0.05) is 6.04 Å². The van der Waals surface area contributed by atoms with Crippen LogP contribution in [0.25, 0.3) is 0 Å². The average molecular weight is 197 g/mol. The van der Waals surface area contributed by atoms with E-state index in [0.717, 1.165) is 19.4 Å². The van der Waals surface area contributed by atoms with Gasteiger partial charge < -0.3 is 4.74 Å². The molecule has 2 nitrogen and oxygen atoms in total.